The molecular weight excluding hydrogens is 247 g/mol. The summed E-state index contributed by atoms with van der Waals surface area (Å²) < 4.78 is 46.7. The van der Waals surface area contributed by atoms with Crippen molar-refractivity contribution in [3.8, 4) is 11.5 Å². The predicted octanol–water partition coefficient (Wildman–Crippen LogP) is 3.05. The lowest BCUT2D eigenvalue weighted by Gasteiger charge is -2.19. The van der Waals surface area contributed by atoms with E-state index in [9.17, 15) is 13.2 Å². The number of halogens is 3. The predicted molar refractivity (Wildman–Crippen MR) is 61.8 cm³/mol. The molecule has 0 unspecified atom stereocenters. The fraction of sp³-hybridized carbons (Fsp3) is 0.500. The van der Waals surface area contributed by atoms with Crippen LogP contribution in [0.25, 0.3) is 0 Å². The number of alkyl halides is 3. The van der Waals surface area contributed by atoms with Crippen LogP contribution < -0.4 is 15.2 Å². The van der Waals surface area contributed by atoms with Crippen molar-refractivity contribution < 1.29 is 22.6 Å². The van der Waals surface area contributed by atoms with Crippen molar-refractivity contribution >= 4 is 0 Å². The SMILES string of the molecule is COc1cccc(OC)c1[C@@H](N)CCC(F)(F)F. The molecule has 3 nitrogen and oxygen atoms in total. The van der Waals surface area contributed by atoms with Crippen LogP contribution >= 0.6 is 0 Å². The van der Waals surface area contributed by atoms with Gasteiger partial charge in [-0.3, -0.25) is 0 Å². The van der Waals surface area contributed by atoms with Gasteiger partial charge in [0, 0.05) is 12.5 Å². The lowest BCUT2D eigenvalue weighted by molar-refractivity contribution is -0.136. The highest BCUT2D eigenvalue weighted by Gasteiger charge is 2.29. The second kappa shape index (κ2) is 5.95. The Labute approximate surface area is 104 Å². The van der Waals surface area contributed by atoms with Gasteiger partial charge in [-0.2, -0.15) is 13.2 Å². The highest BCUT2D eigenvalue weighted by molar-refractivity contribution is 5.46. The monoisotopic (exact) mass is 263 g/mol. The molecule has 1 aromatic carbocycles. The number of hydrogen-bond acceptors (Lipinski definition) is 3. The smallest absolute Gasteiger partial charge is 0.389 e. The van der Waals surface area contributed by atoms with Crippen LogP contribution in [-0.4, -0.2) is 20.4 Å². The van der Waals surface area contributed by atoms with Crippen LogP contribution in [0.2, 0.25) is 0 Å². The van der Waals surface area contributed by atoms with E-state index >= 15 is 0 Å². The molecule has 0 aliphatic carbocycles. The second-order valence-corrected chi connectivity index (χ2v) is 3.84. The Balaban J connectivity index is 2.92. The van der Waals surface area contributed by atoms with Gasteiger partial charge in [-0.1, -0.05) is 6.07 Å². The van der Waals surface area contributed by atoms with E-state index < -0.39 is 18.6 Å². The summed E-state index contributed by atoms with van der Waals surface area (Å²) in [6, 6.07) is 4.20. The standard InChI is InChI=1S/C12H16F3NO2/c1-17-9-4-3-5-10(18-2)11(9)8(16)6-7-12(13,14)15/h3-5,8H,6-7,16H2,1-2H3/t8-/m0/s1. The number of benzene rings is 1. The first-order valence-corrected chi connectivity index (χ1v) is 5.42. The molecule has 0 aromatic heterocycles. The lowest BCUT2D eigenvalue weighted by Crippen LogP contribution is -2.17. The number of nitrogens with two attached hydrogens (primary N) is 1. The van der Waals surface area contributed by atoms with Crippen LogP contribution in [0.15, 0.2) is 18.2 Å². The molecule has 0 heterocycles. The summed E-state index contributed by atoms with van der Waals surface area (Å²) in [5.74, 6) is 0.869. The van der Waals surface area contributed by atoms with Gasteiger partial charge < -0.3 is 15.2 Å². The summed E-state index contributed by atoms with van der Waals surface area (Å²) in [5.41, 5.74) is 6.26. The minimum atomic E-state index is -4.22. The Morgan fingerprint density at radius 2 is 1.67 bits per heavy atom. The largest absolute Gasteiger partial charge is 0.496 e. The average molecular weight is 263 g/mol. The Morgan fingerprint density at radius 3 is 2.06 bits per heavy atom. The Hall–Kier alpha value is -1.43. The molecule has 0 bridgehead atoms. The van der Waals surface area contributed by atoms with Gasteiger partial charge in [-0.15, -0.1) is 0 Å². The molecule has 2 N–H and O–H groups in total. The summed E-state index contributed by atoms with van der Waals surface area (Å²) in [7, 11) is 2.88. The van der Waals surface area contributed by atoms with E-state index in [2.05, 4.69) is 0 Å². The molecule has 1 rings (SSSR count). The number of hydrogen-bond donors (Lipinski definition) is 1. The molecule has 0 amide bonds. The van der Waals surface area contributed by atoms with Crippen molar-refractivity contribution in [1.82, 2.24) is 0 Å². The van der Waals surface area contributed by atoms with Gasteiger partial charge >= 0.3 is 6.18 Å². The van der Waals surface area contributed by atoms with Crippen molar-refractivity contribution in [2.45, 2.75) is 25.1 Å². The van der Waals surface area contributed by atoms with Crippen molar-refractivity contribution in [2.24, 2.45) is 5.73 Å². The molecular formula is C12H16F3NO2. The molecule has 0 saturated carbocycles. The maximum absolute atomic E-state index is 12.2. The number of rotatable bonds is 5. The molecule has 0 fully saturated rings. The summed E-state index contributed by atoms with van der Waals surface area (Å²) in [4.78, 5) is 0. The van der Waals surface area contributed by atoms with E-state index in [-0.39, 0.29) is 6.42 Å². The van der Waals surface area contributed by atoms with E-state index in [1.165, 1.54) is 14.2 Å². The van der Waals surface area contributed by atoms with Gasteiger partial charge in [0.05, 0.1) is 19.8 Å². The molecule has 0 aliphatic rings. The van der Waals surface area contributed by atoms with Crippen molar-refractivity contribution in [3.05, 3.63) is 23.8 Å². The van der Waals surface area contributed by atoms with Gasteiger partial charge in [0.2, 0.25) is 0 Å². The Morgan fingerprint density at radius 1 is 1.17 bits per heavy atom. The van der Waals surface area contributed by atoms with Gasteiger partial charge in [-0.25, -0.2) is 0 Å². The van der Waals surface area contributed by atoms with Crippen molar-refractivity contribution in [1.29, 1.82) is 0 Å². The zero-order chi connectivity index (χ0) is 13.8. The van der Waals surface area contributed by atoms with Crippen LogP contribution in [0.4, 0.5) is 13.2 Å². The molecule has 18 heavy (non-hydrogen) atoms. The van der Waals surface area contributed by atoms with Gasteiger partial charge in [0.25, 0.3) is 0 Å². The topological polar surface area (TPSA) is 44.5 Å². The Kier molecular flexibility index (Phi) is 4.84. The van der Waals surface area contributed by atoms with E-state index in [1.807, 2.05) is 0 Å². The summed E-state index contributed by atoms with van der Waals surface area (Å²) in [5, 5.41) is 0. The minimum Gasteiger partial charge on any atom is -0.496 e. The molecule has 0 spiro atoms. The third kappa shape index (κ3) is 3.80. The molecule has 1 aromatic rings. The number of ether oxygens (including phenoxy) is 2. The zero-order valence-corrected chi connectivity index (χ0v) is 10.3. The Bertz CT molecular complexity index is 371. The second-order valence-electron chi connectivity index (χ2n) is 3.84. The molecule has 1 atom stereocenters. The van der Waals surface area contributed by atoms with Crippen molar-refractivity contribution in [3.63, 3.8) is 0 Å². The molecule has 6 heteroatoms. The molecule has 0 saturated heterocycles. The van der Waals surface area contributed by atoms with Crippen LogP contribution in [0.3, 0.4) is 0 Å². The van der Waals surface area contributed by atoms with Gasteiger partial charge in [-0.05, 0) is 18.6 Å². The maximum Gasteiger partial charge on any atom is 0.389 e. The van der Waals surface area contributed by atoms with E-state index in [4.69, 9.17) is 15.2 Å². The molecule has 0 radical (unpaired) electrons. The highest BCUT2D eigenvalue weighted by atomic mass is 19.4. The van der Waals surface area contributed by atoms with Gasteiger partial charge in [0.1, 0.15) is 11.5 Å². The van der Waals surface area contributed by atoms with E-state index in [1.54, 1.807) is 18.2 Å². The first-order valence-electron chi connectivity index (χ1n) is 5.42. The fourth-order valence-electron chi connectivity index (χ4n) is 1.71. The van der Waals surface area contributed by atoms with Crippen LogP contribution in [0.1, 0.15) is 24.4 Å². The van der Waals surface area contributed by atoms with Crippen molar-refractivity contribution in [2.75, 3.05) is 14.2 Å². The third-order valence-corrected chi connectivity index (χ3v) is 2.58. The summed E-state index contributed by atoms with van der Waals surface area (Å²) >= 11 is 0. The summed E-state index contributed by atoms with van der Waals surface area (Å²) in [6.45, 7) is 0. The fourth-order valence-corrected chi connectivity index (χ4v) is 1.71. The highest BCUT2D eigenvalue weighted by Crippen LogP contribution is 2.36. The van der Waals surface area contributed by atoms with E-state index in [0.29, 0.717) is 17.1 Å². The minimum absolute atomic E-state index is 0.208. The third-order valence-electron chi connectivity index (χ3n) is 2.58. The zero-order valence-electron chi connectivity index (χ0n) is 10.3. The van der Waals surface area contributed by atoms with Crippen LogP contribution in [-0.2, 0) is 0 Å². The lowest BCUT2D eigenvalue weighted by atomic mass is 10.0. The van der Waals surface area contributed by atoms with Gasteiger partial charge in [0.15, 0.2) is 0 Å². The first-order chi connectivity index (χ1) is 8.39. The quantitative estimate of drug-likeness (QED) is 0.888. The summed E-state index contributed by atoms with van der Waals surface area (Å²) in [6.07, 6.45) is -5.36. The first kappa shape index (κ1) is 14.6. The number of methoxy groups -OCH3 is 2. The van der Waals surface area contributed by atoms with E-state index in [0.717, 1.165) is 0 Å². The average Bonchev–Trinajstić information content (AvgIpc) is 2.33. The maximum atomic E-state index is 12.2. The van der Waals surface area contributed by atoms with Crippen LogP contribution in [0.5, 0.6) is 11.5 Å². The molecule has 102 valence electrons. The van der Waals surface area contributed by atoms with Crippen LogP contribution in [0, 0.1) is 0 Å². The molecule has 0 aliphatic heterocycles. The normalized spacial score (nSPS) is 13.2.